The van der Waals surface area contributed by atoms with Crippen LogP contribution in [0.25, 0.3) is 0 Å². The van der Waals surface area contributed by atoms with Crippen LogP contribution in [-0.4, -0.2) is 23.0 Å². The normalized spacial score (nSPS) is 18.8. The number of hydrogen-bond donors (Lipinski definition) is 2. The van der Waals surface area contributed by atoms with Crippen molar-refractivity contribution in [2.75, 3.05) is 0 Å². The van der Waals surface area contributed by atoms with E-state index in [0.717, 1.165) is 19.3 Å². The minimum atomic E-state index is -0.949. The third-order valence-corrected chi connectivity index (χ3v) is 2.50. The van der Waals surface area contributed by atoms with E-state index in [2.05, 4.69) is 5.32 Å². The Labute approximate surface area is 77.3 Å². The molecule has 0 saturated heterocycles. The van der Waals surface area contributed by atoms with Crippen LogP contribution in [0.1, 0.15) is 32.6 Å². The number of nitrogens with one attached hydrogen (secondary N) is 1. The fraction of sp³-hybridized carbons (Fsp3) is 0.778. The molecular formula is C9H15NO3. The van der Waals surface area contributed by atoms with Crippen molar-refractivity contribution in [3.8, 4) is 0 Å². The van der Waals surface area contributed by atoms with Crippen molar-refractivity contribution in [3.05, 3.63) is 0 Å². The molecule has 1 fully saturated rings. The van der Waals surface area contributed by atoms with Gasteiger partial charge in [0.2, 0.25) is 5.91 Å². The van der Waals surface area contributed by atoms with Crippen LogP contribution in [0.4, 0.5) is 0 Å². The highest BCUT2D eigenvalue weighted by Crippen LogP contribution is 2.26. The van der Waals surface area contributed by atoms with Crippen molar-refractivity contribution in [1.82, 2.24) is 5.32 Å². The predicted octanol–water partition coefficient (Wildman–Crippen LogP) is 0.766. The Bertz CT molecular complexity index is 211. The monoisotopic (exact) mass is 185 g/mol. The second kappa shape index (κ2) is 4.25. The second-order valence-corrected chi connectivity index (χ2v) is 3.44. The minimum Gasteiger partial charge on any atom is -0.480 e. The third-order valence-electron chi connectivity index (χ3n) is 2.50. The molecule has 1 amide bonds. The molecule has 1 aliphatic rings. The number of hydrogen-bond acceptors (Lipinski definition) is 2. The first-order valence-electron chi connectivity index (χ1n) is 4.68. The van der Waals surface area contributed by atoms with Gasteiger partial charge in [-0.25, -0.2) is 4.79 Å². The molecule has 1 aliphatic carbocycles. The first kappa shape index (κ1) is 10.0. The molecule has 1 unspecified atom stereocenters. The molecule has 1 rings (SSSR count). The molecule has 74 valence electrons. The maximum absolute atomic E-state index is 11.3. The number of aliphatic carboxylic acids is 1. The molecule has 0 spiro atoms. The van der Waals surface area contributed by atoms with Gasteiger partial charge in [0.15, 0.2) is 0 Å². The summed E-state index contributed by atoms with van der Waals surface area (Å²) in [5.74, 6) is -0.982. The van der Waals surface area contributed by atoms with Gasteiger partial charge in [-0.3, -0.25) is 4.79 Å². The summed E-state index contributed by atoms with van der Waals surface area (Å²) in [6, 6.07) is -0.715. The molecule has 0 aromatic heterocycles. The molecule has 1 saturated carbocycles. The molecule has 0 bridgehead atoms. The highest BCUT2D eigenvalue weighted by molar-refractivity contribution is 5.85. The largest absolute Gasteiger partial charge is 0.480 e. The van der Waals surface area contributed by atoms with Gasteiger partial charge in [-0.05, 0) is 19.3 Å². The summed E-state index contributed by atoms with van der Waals surface area (Å²) in [5.41, 5.74) is 0. The maximum Gasteiger partial charge on any atom is 0.326 e. The molecule has 0 aromatic carbocycles. The summed E-state index contributed by atoms with van der Waals surface area (Å²) in [6.07, 6.45) is 3.33. The average Bonchev–Trinajstić information content (AvgIpc) is 1.96. The number of carbonyl (C=O) groups is 2. The Morgan fingerprint density at radius 3 is 2.46 bits per heavy atom. The number of amides is 1. The van der Waals surface area contributed by atoms with Gasteiger partial charge in [0.05, 0.1) is 0 Å². The summed E-state index contributed by atoms with van der Waals surface area (Å²) in [5, 5.41) is 11.2. The number of rotatable bonds is 4. The van der Waals surface area contributed by atoms with Crippen LogP contribution in [0.2, 0.25) is 0 Å². The van der Waals surface area contributed by atoms with Gasteiger partial charge in [-0.15, -0.1) is 0 Å². The van der Waals surface area contributed by atoms with Crippen molar-refractivity contribution in [2.24, 2.45) is 5.92 Å². The molecule has 2 N–H and O–H groups in total. The number of carboxylic acids is 1. The van der Waals surface area contributed by atoms with E-state index in [1.165, 1.54) is 0 Å². The molecule has 4 nitrogen and oxygen atoms in total. The average molecular weight is 185 g/mol. The van der Waals surface area contributed by atoms with Crippen molar-refractivity contribution >= 4 is 11.9 Å². The summed E-state index contributed by atoms with van der Waals surface area (Å²) in [4.78, 5) is 21.9. The van der Waals surface area contributed by atoms with Gasteiger partial charge < -0.3 is 10.4 Å². The zero-order valence-corrected chi connectivity index (χ0v) is 7.75. The highest BCUT2D eigenvalue weighted by atomic mass is 16.4. The highest BCUT2D eigenvalue weighted by Gasteiger charge is 2.28. The Kier molecular flexibility index (Phi) is 3.28. The van der Waals surface area contributed by atoms with E-state index in [4.69, 9.17) is 5.11 Å². The van der Waals surface area contributed by atoms with Gasteiger partial charge in [-0.1, -0.05) is 13.3 Å². The Morgan fingerprint density at radius 1 is 1.54 bits per heavy atom. The van der Waals surface area contributed by atoms with E-state index in [-0.39, 0.29) is 11.8 Å². The topological polar surface area (TPSA) is 66.4 Å². The first-order chi connectivity index (χ1) is 6.15. The first-order valence-corrected chi connectivity index (χ1v) is 4.68. The fourth-order valence-electron chi connectivity index (χ4n) is 1.30. The van der Waals surface area contributed by atoms with Crippen LogP contribution >= 0.6 is 0 Å². The quantitative estimate of drug-likeness (QED) is 0.679. The lowest BCUT2D eigenvalue weighted by atomic mass is 9.84. The van der Waals surface area contributed by atoms with E-state index in [1.54, 1.807) is 6.92 Å². The molecule has 13 heavy (non-hydrogen) atoms. The Balaban J connectivity index is 2.36. The Hall–Kier alpha value is -1.06. The van der Waals surface area contributed by atoms with Crippen molar-refractivity contribution in [3.63, 3.8) is 0 Å². The molecule has 0 aliphatic heterocycles. The standard InChI is InChI=1S/C9H15NO3/c1-2-7(9(12)13)10-8(11)6-4-3-5-6/h6-7H,2-5H2,1H3,(H,10,11)(H,12,13). The zero-order valence-electron chi connectivity index (χ0n) is 7.75. The maximum atomic E-state index is 11.3. The molecule has 0 radical (unpaired) electrons. The summed E-state index contributed by atoms with van der Waals surface area (Å²) < 4.78 is 0. The van der Waals surface area contributed by atoms with E-state index in [0.29, 0.717) is 6.42 Å². The summed E-state index contributed by atoms with van der Waals surface area (Å²) in [6.45, 7) is 1.75. The van der Waals surface area contributed by atoms with E-state index in [9.17, 15) is 9.59 Å². The third kappa shape index (κ3) is 2.44. The molecule has 1 atom stereocenters. The van der Waals surface area contributed by atoms with Crippen molar-refractivity contribution in [1.29, 1.82) is 0 Å². The van der Waals surface area contributed by atoms with Crippen LogP contribution in [0, 0.1) is 5.92 Å². The van der Waals surface area contributed by atoms with Crippen LogP contribution in [0.3, 0.4) is 0 Å². The van der Waals surface area contributed by atoms with Crippen LogP contribution in [0.5, 0.6) is 0 Å². The SMILES string of the molecule is CCC(NC(=O)C1CCC1)C(=O)O. The fourth-order valence-corrected chi connectivity index (χ4v) is 1.30. The summed E-state index contributed by atoms with van der Waals surface area (Å²) >= 11 is 0. The van der Waals surface area contributed by atoms with Gasteiger partial charge in [0.1, 0.15) is 6.04 Å². The lowest BCUT2D eigenvalue weighted by Gasteiger charge is -2.25. The Morgan fingerprint density at radius 2 is 2.15 bits per heavy atom. The predicted molar refractivity (Wildman–Crippen MR) is 47.2 cm³/mol. The second-order valence-electron chi connectivity index (χ2n) is 3.44. The van der Waals surface area contributed by atoms with Gasteiger partial charge in [-0.2, -0.15) is 0 Å². The molecule has 0 heterocycles. The van der Waals surface area contributed by atoms with Gasteiger partial charge >= 0.3 is 5.97 Å². The number of carbonyl (C=O) groups excluding carboxylic acids is 1. The van der Waals surface area contributed by atoms with Gasteiger partial charge in [0.25, 0.3) is 0 Å². The van der Waals surface area contributed by atoms with Crippen LogP contribution in [0.15, 0.2) is 0 Å². The lowest BCUT2D eigenvalue weighted by Crippen LogP contribution is -2.44. The van der Waals surface area contributed by atoms with E-state index < -0.39 is 12.0 Å². The molecule has 0 aromatic rings. The summed E-state index contributed by atoms with van der Waals surface area (Å²) in [7, 11) is 0. The van der Waals surface area contributed by atoms with E-state index in [1.807, 2.05) is 0 Å². The van der Waals surface area contributed by atoms with Crippen molar-refractivity contribution in [2.45, 2.75) is 38.6 Å². The van der Waals surface area contributed by atoms with Gasteiger partial charge in [0, 0.05) is 5.92 Å². The van der Waals surface area contributed by atoms with Crippen molar-refractivity contribution < 1.29 is 14.7 Å². The molecule has 4 heteroatoms. The van der Waals surface area contributed by atoms with E-state index >= 15 is 0 Å². The zero-order chi connectivity index (χ0) is 9.84. The van der Waals surface area contributed by atoms with Crippen LogP contribution < -0.4 is 5.32 Å². The minimum absolute atomic E-state index is 0.0633. The smallest absolute Gasteiger partial charge is 0.326 e. The number of carboxylic acid groups (broad SMARTS) is 1. The molecular weight excluding hydrogens is 170 g/mol. The van der Waals surface area contributed by atoms with Crippen LogP contribution in [-0.2, 0) is 9.59 Å². The lowest BCUT2D eigenvalue weighted by molar-refractivity contribution is -0.143.